The molecule has 1 aromatic rings. The van der Waals surface area contributed by atoms with Gasteiger partial charge in [-0.3, -0.25) is 4.90 Å². The largest absolute Gasteiger partial charge is 0.466 e. The zero-order chi connectivity index (χ0) is 20.5. The van der Waals surface area contributed by atoms with Crippen LogP contribution in [0.3, 0.4) is 0 Å². The smallest absolute Gasteiger partial charge is 0.416 e. The Morgan fingerprint density at radius 3 is 2.75 bits per heavy atom. The molecule has 6 nitrogen and oxygen atoms in total. The Morgan fingerprint density at radius 1 is 1.39 bits per heavy atom. The van der Waals surface area contributed by atoms with Crippen molar-refractivity contribution in [1.82, 2.24) is 10.2 Å². The van der Waals surface area contributed by atoms with E-state index in [1.807, 2.05) is 0 Å². The maximum atomic E-state index is 13.1. The monoisotopic (exact) mass is 398 g/mol. The zero-order valence-electron chi connectivity index (χ0n) is 15.5. The number of benzene rings is 1. The summed E-state index contributed by atoms with van der Waals surface area (Å²) in [5, 5.41) is 2.64. The van der Waals surface area contributed by atoms with E-state index in [0.29, 0.717) is 12.3 Å². The van der Waals surface area contributed by atoms with E-state index in [9.17, 15) is 22.8 Å². The molecule has 1 aromatic carbocycles. The number of alkyl halides is 3. The first kappa shape index (κ1) is 20.2. The molecular weight excluding hydrogens is 377 g/mol. The van der Waals surface area contributed by atoms with Crippen LogP contribution >= 0.6 is 0 Å². The number of nitrogens with one attached hydrogen (secondary N) is 1. The van der Waals surface area contributed by atoms with Crippen molar-refractivity contribution in [3.05, 3.63) is 46.7 Å². The van der Waals surface area contributed by atoms with E-state index < -0.39 is 29.8 Å². The Balaban J connectivity index is 2.00. The lowest BCUT2D eigenvalue weighted by Crippen LogP contribution is -2.50. The zero-order valence-corrected chi connectivity index (χ0v) is 15.5. The summed E-state index contributed by atoms with van der Waals surface area (Å²) in [6.07, 6.45) is -3.00. The SMILES string of the molecule is COC(=O)C1=C(C)N(C[C@H]2CCCO2)C(=O)N[C@H]1c1cccc(C(F)(F)F)c1. The number of hydrogen-bond acceptors (Lipinski definition) is 4. The number of carbonyl (C=O) groups is 2. The standard InChI is InChI=1S/C19H21F3N2O4/c1-11-15(17(25)27-2)16(12-5-3-6-13(9-12)19(20,21)22)23-18(26)24(11)10-14-7-4-8-28-14/h3,5-6,9,14,16H,4,7-8,10H2,1-2H3,(H,23,26)/t14-,16+/m1/s1. The summed E-state index contributed by atoms with van der Waals surface area (Å²) in [4.78, 5) is 26.5. The molecule has 0 aromatic heterocycles. The van der Waals surface area contributed by atoms with Gasteiger partial charge in [0.25, 0.3) is 0 Å². The van der Waals surface area contributed by atoms with Crippen LogP contribution in [-0.2, 0) is 20.4 Å². The Morgan fingerprint density at radius 2 is 2.14 bits per heavy atom. The highest BCUT2D eigenvalue weighted by Gasteiger charge is 2.38. The number of nitrogens with zero attached hydrogens (tertiary/aromatic N) is 1. The lowest BCUT2D eigenvalue weighted by atomic mass is 9.93. The number of amides is 2. The van der Waals surface area contributed by atoms with Crippen LogP contribution in [-0.4, -0.2) is 43.3 Å². The van der Waals surface area contributed by atoms with Gasteiger partial charge in [-0.15, -0.1) is 0 Å². The second-order valence-electron chi connectivity index (χ2n) is 6.74. The summed E-state index contributed by atoms with van der Waals surface area (Å²) in [7, 11) is 1.19. The average molecular weight is 398 g/mol. The Bertz CT molecular complexity index is 801. The van der Waals surface area contributed by atoms with E-state index in [-0.39, 0.29) is 23.8 Å². The molecular formula is C19H21F3N2O4. The van der Waals surface area contributed by atoms with Gasteiger partial charge in [-0.1, -0.05) is 12.1 Å². The third-order valence-corrected chi connectivity index (χ3v) is 4.96. The highest BCUT2D eigenvalue weighted by Crippen LogP contribution is 2.35. The lowest BCUT2D eigenvalue weighted by Gasteiger charge is -2.36. The van der Waals surface area contributed by atoms with Gasteiger partial charge in [0.05, 0.1) is 36.9 Å². The minimum absolute atomic E-state index is 0.0967. The van der Waals surface area contributed by atoms with E-state index in [2.05, 4.69) is 5.32 Å². The number of ether oxygens (including phenoxy) is 2. The van der Waals surface area contributed by atoms with Gasteiger partial charge in [0.2, 0.25) is 0 Å². The van der Waals surface area contributed by atoms with Crippen molar-refractivity contribution in [2.24, 2.45) is 0 Å². The molecule has 2 amide bonds. The van der Waals surface area contributed by atoms with Crippen molar-refractivity contribution in [3.63, 3.8) is 0 Å². The predicted octanol–water partition coefficient (Wildman–Crippen LogP) is 3.40. The van der Waals surface area contributed by atoms with E-state index in [4.69, 9.17) is 9.47 Å². The number of methoxy groups -OCH3 is 1. The van der Waals surface area contributed by atoms with Crippen molar-refractivity contribution < 1.29 is 32.2 Å². The van der Waals surface area contributed by atoms with Crippen LogP contribution in [0.2, 0.25) is 0 Å². The summed E-state index contributed by atoms with van der Waals surface area (Å²) in [5.74, 6) is -0.711. The number of rotatable bonds is 4. The fourth-order valence-corrected chi connectivity index (χ4v) is 3.51. The number of hydrogen-bond donors (Lipinski definition) is 1. The Labute approximate surface area is 160 Å². The molecule has 0 spiro atoms. The molecule has 2 aliphatic rings. The molecule has 3 rings (SSSR count). The summed E-state index contributed by atoms with van der Waals surface area (Å²) in [6, 6.07) is 3.01. The third-order valence-electron chi connectivity index (χ3n) is 4.96. The molecule has 0 bridgehead atoms. The van der Waals surface area contributed by atoms with E-state index in [0.717, 1.165) is 25.0 Å². The van der Waals surface area contributed by atoms with Crippen LogP contribution in [0.4, 0.5) is 18.0 Å². The number of urea groups is 1. The molecule has 1 saturated heterocycles. The molecule has 0 unspecified atom stereocenters. The van der Waals surface area contributed by atoms with Gasteiger partial charge in [-0.25, -0.2) is 9.59 Å². The van der Waals surface area contributed by atoms with Crippen LogP contribution in [0.15, 0.2) is 35.5 Å². The van der Waals surface area contributed by atoms with Gasteiger partial charge in [-0.2, -0.15) is 13.2 Å². The summed E-state index contributed by atoms with van der Waals surface area (Å²) < 4.78 is 49.6. The topological polar surface area (TPSA) is 67.9 Å². The van der Waals surface area contributed by atoms with Crippen molar-refractivity contribution >= 4 is 12.0 Å². The van der Waals surface area contributed by atoms with E-state index >= 15 is 0 Å². The van der Waals surface area contributed by atoms with Gasteiger partial charge in [0.1, 0.15) is 0 Å². The minimum Gasteiger partial charge on any atom is -0.466 e. The van der Waals surface area contributed by atoms with Gasteiger partial charge >= 0.3 is 18.2 Å². The second-order valence-corrected chi connectivity index (χ2v) is 6.74. The van der Waals surface area contributed by atoms with Gasteiger partial charge in [-0.05, 0) is 37.5 Å². The first-order valence-electron chi connectivity index (χ1n) is 8.88. The maximum Gasteiger partial charge on any atom is 0.416 e. The first-order valence-corrected chi connectivity index (χ1v) is 8.88. The minimum atomic E-state index is -4.54. The molecule has 0 radical (unpaired) electrons. The highest BCUT2D eigenvalue weighted by molar-refractivity contribution is 5.95. The fourth-order valence-electron chi connectivity index (χ4n) is 3.51. The molecule has 1 fully saturated rings. The maximum absolute atomic E-state index is 13.1. The van der Waals surface area contributed by atoms with Crippen molar-refractivity contribution in [2.75, 3.05) is 20.3 Å². The normalized spacial score (nSPS) is 23.0. The predicted molar refractivity (Wildman–Crippen MR) is 93.1 cm³/mol. The van der Waals surface area contributed by atoms with Crippen LogP contribution in [0, 0.1) is 0 Å². The molecule has 152 valence electrons. The van der Waals surface area contributed by atoms with Gasteiger partial charge in [0.15, 0.2) is 0 Å². The second kappa shape index (κ2) is 7.83. The molecule has 2 aliphatic heterocycles. The molecule has 0 saturated carbocycles. The lowest BCUT2D eigenvalue weighted by molar-refractivity contribution is -0.137. The molecule has 2 heterocycles. The highest BCUT2D eigenvalue weighted by atomic mass is 19.4. The summed E-state index contributed by atoms with van der Waals surface area (Å²) in [6.45, 7) is 2.45. The van der Waals surface area contributed by atoms with Crippen molar-refractivity contribution in [3.8, 4) is 0 Å². The van der Waals surface area contributed by atoms with E-state index in [1.54, 1.807) is 6.92 Å². The van der Waals surface area contributed by atoms with Crippen LogP contribution in [0.1, 0.15) is 36.9 Å². The third kappa shape index (κ3) is 3.99. The quantitative estimate of drug-likeness (QED) is 0.790. The molecule has 28 heavy (non-hydrogen) atoms. The first-order chi connectivity index (χ1) is 13.2. The van der Waals surface area contributed by atoms with Crippen LogP contribution < -0.4 is 5.32 Å². The number of esters is 1. The van der Waals surface area contributed by atoms with Crippen LogP contribution in [0.5, 0.6) is 0 Å². The van der Waals surface area contributed by atoms with Crippen molar-refractivity contribution in [1.29, 1.82) is 0 Å². The number of carbonyl (C=O) groups excluding carboxylic acids is 2. The summed E-state index contributed by atoms with van der Waals surface area (Å²) >= 11 is 0. The average Bonchev–Trinajstić information content (AvgIpc) is 3.17. The van der Waals surface area contributed by atoms with Crippen molar-refractivity contribution in [2.45, 2.75) is 38.1 Å². The molecule has 2 atom stereocenters. The molecule has 0 aliphatic carbocycles. The fraction of sp³-hybridized carbons (Fsp3) is 0.474. The Kier molecular flexibility index (Phi) is 5.64. The van der Waals surface area contributed by atoms with E-state index in [1.165, 1.54) is 24.1 Å². The van der Waals surface area contributed by atoms with Crippen LogP contribution in [0.25, 0.3) is 0 Å². The molecule has 1 N–H and O–H groups in total. The Hall–Kier alpha value is -2.55. The van der Waals surface area contributed by atoms with Gasteiger partial charge in [0, 0.05) is 12.3 Å². The number of allylic oxidation sites excluding steroid dienone is 1. The van der Waals surface area contributed by atoms with Gasteiger partial charge < -0.3 is 14.8 Å². The number of halogens is 3. The molecule has 9 heteroatoms. The summed E-state index contributed by atoms with van der Waals surface area (Å²) in [5.41, 5.74) is -0.268.